The van der Waals surface area contributed by atoms with Crippen molar-refractivity contribution in [3.63, 3.8) is 0 Å². The summed E-state index contributed by atoms with van der Waals surface area (Å²) >= 11 is 0. The second kappa shape index (κ2) is 8.93. The molecule has 1 aromatic carbocycles. The summed E-state index contributed by atoms with van der Waals surface area (Å²) in [5, 5.41) is 3.60. The summed E-state index contributed by atoms with van der Waals surface area (Å²) in [6.07, 6.45) is 0. The van der Waals surface area contributed by atoms with Crippen molar-refractivity contribution in [3.05, 3.63) is 48.0 Å². The van der Waals surface area contributed by atoms with Crippen LogP contribution in [0.2, 0.25) is 0 Å². The van der Waals surface area contributed by atoms with Gasteiger partial charge in [0.15, 0.2) is 0 Å². The molecule has 1 rings (SSSR count). The Labute approximate surface area is 124 Å². The van der Waals surface area contributed by atoms with E-state index in [0.717, 1.165) is 26.2 Å². The van der Waals surface area contributed by atoms with Crippen LogP contribution in [0.1, 0.15) is 39.3 Å². The van der Waals surface area contributed by atoms with Crippen LogP contribution in [0.4, 0.5) is 0 Å². The normalized spacial score (nSPS) is 12.9. The molecule has 0 aromatic heterocycles. The largest absolute Gasteiger partial charge is 0.315 e. The van der Waals surface area contributed by atoms with Gasteiger partial charge in [-0.1, -0.05) is 63.3 Å². The van der Waals surface area contributed by atoms with E-state index >= 15 is 0 Å². The summed E-state index contributed by atoms with van der Waals surface area (Å²) in [4.78, 5) is 2.49. The van der Waals surface area contributed by atoms with Gasteiger partial charge in [0.25, 0.3) is 0 Å². The highest BCUT2D eigenvalue weighted by molar-refractivity contribution is 5.20. The predicted molar refractivity (Wildman–Crippen MR) is 89.0 cm³/mol. The van der Waals surface area contributed by atoms with Crippen molar-refractivity contribution < 1.29 is 0 Å². The van der Waals surface area contributed by atoms with E-state index in [0.29, 0.717) is 12.0 Å². The third-order valence-corrected chi connectivity index (χ3v) is 3.39. The maximum absolute atomic E-state index is 4.07. The van der Waals surface area contributed by atoms with Crippen molar-refractivity contribution in [1.29, 1.82) is 0 Å². The van der Waals surface area contributed by atoms with E-state index in [1.165, 1.54) is 11.1 Å². The highest BCUT2D eigenvalue weighted by Crippen LogP contribution is 2.20. The molecule has 1 aromatic rings. The zero-order valence-corrected chi connectivity index (χ0v) is 13.5. The van der Waals surface area contributed by atoms with Crippen molar-refractivity contribution in [3.8, 4) is 0 Å². The Kier molecular flexibility index (Phi) is 7.56. The Hall–Kier alpha value is -1.12. The molecule has 0 fully saturated rings. The van der Waals surface area contributed by atoms with Crippen molar-refractivity contribution in [1.82, 2.24) is 10.2 Å². The lowest BCUT2D eigenvalue weighted by molar-refractivity contribution is 0.218. The first-order valence-corrected chi connectivity index (χ1v) is 7.68. The fourth-order valence-electron chi connectivity index (χ4n) is 2.43. The van der Waals surface area contributed by atoms with E-state index in [1.807, 2.05) is 0 Å². The van der Waals surface area contributed by atoms with E-state index < -0.39 is 0 Å². The van der Waals surface area contributed by atoms with Crippen LogP contribution in [0.5, 0.6) is 0 Å². The topological polar surface area (TPSA) is 15.3 Å². The summed E-state index contributed by atoms with van der Waals surface area (Å²) < 4.78 is 0. The number of likely N-dealkylation sites (N-methyl/N-ethyl adjacent to an activating group) is 1. The van der Waals surface area contributed by atoms with E-state index in [9.17, 15) is 0 Å². The molecule has 1 unspecified atom stereocenters. The minimum absolute atomic E-state index is 0.414. The molecule has 0 aliphatic heterocycles. The lowest BCUT2D eigenvalue weighted by Crippen LogP contribution is -2.37. The number of nitrogens with one attached hydrogen (secondary N) is 1. The first-order chi connectivity index (χ1) is 9.54. The minimum atomic E-state index is 0.414. The lowest BCUT2D eigenvalue weighted by atomic mass is 10.0. The van der Waals surface area contributed by atoms with Crippen molar-refractivity contribution >= 4 is 0 Å². The second-order valence-electron chi connectivity index (χ2n) is 6.00. The molecular formula is C18H30N2. The predicted octanol–water partition coefficient (Wildman–Crippen LogP) is 3.87. The van der Waals surface area contributed by atoms with E-state index in [1.54, 1.807) is 0 Å². The Morgan fingerprint density at radius 3 is 2.35 bits per heavy atom. The van der Waals surface area contributed by atoms with Crippen LogP contribution < -0.4 is 5.32 Å². The average Bonchev–Trinajstić information content (AvgIpc) is 2.42. The quantitative estimate of drug-likeness (QED) is 0.688. The van der Waals surface area contributed by atoms with E-state index in [2.05, 4.69) is 74.8 Å². The third-order valence-electron chi connectivity index (χ3n) is 3.39. The van der Waals surface area contributed by atoms with Gasteiger partial charge in [0.1, 0.15) is 0 Å². The zero-order chi connectivity index (χ0) is 15.0. The molecule has 2 heteroatoms. The molecule has 0 amide bonds. The summed E-state index contributed by atoms with van der Waals surface area (Å²) in [6.45, 7) is 16.9. The monoisotopic (exact) mass is 274 g/mol. The Bertz CT molecular complexity index is 384. The van der Waals surface area contributed by atoms with Crippen molar-refractivity contribution in [2.45, 2.75) is 33.7 Å². The summed E-state index contributed by atoms with van der Waals surface area (Å²) in [5.41, 5.74) is 2.60. The highest BCUT2D eigenvalue weighted by atomic mass is 15.2. The molecule has 0 heterocycles. The highest BCUT2D eigenvalue weighted by Gasteiger charge is 2.18. The fourth-order valence-corrected chi connectivity index (χ4v) is 2.43. The third kappa shape index (κ3) is 5.89. The molecule has 0 bridgehead atoms. The van der Waals surface area contributed by atoms with Gasteiger partial charge in [-0.2, -0.15) is 0 Å². The van der Waals surface area contributed by atoms with E-state index in [-0.39, 0.29) is 0 Å². The molecule has 0 spiro atoms. The van der Waals surface area contributed by atoms with Crippen LogP contribution in [-0.4, -0.2) is 31.1 Å². The molecule has 20 heavy (non-hydrogen) atoms. The molecule has 0 aliphatic carbocycles. The number of hydrogen-bond donors (Lipinski definition) is 1. The summed E-state index contributed by atoms with van der Waals surface area (Å²) in [5.74, 6) is 0.683. The standard InChI is InChI=1S/C18H30N2/c1-6-20(14-16(4)5)18(13-19-12-15(2)3)17-10-8-7-9-11-17/h7-11,15,18-19H,4,6,12-14H2,1-3,5H3. The molecule has 2 nitrogen and oxygen atoms in total. The smallest absolute Gasteiger partial charge is 0.0475 e. The van der Waals surface area contributed by atoms with Gasteiger partial charge in [-0.15, -0.1) is 0 Å². The first kappa shape index (κ1) is 16.9. The van der Waals surface area contributed by atoms with Gasteiger partial charge in [0, 0.05) is 19.1 Å². The fraction of sp³-hybridized carbons (Fsp3) is 0.556. The number of nitrogens with zero attached hydrogens (tertiary/aromatic N) is 1. The summed E-state index contributed by atoms with van der Waals surface area (Å²) in [6, 6.07) is 11.2. The summed E-state index contributed by atoms with van der Waals surface area (Å²) in [7, 11) is 0. The maximum atomic E-state index is 4.07. The lowest BCUT2D eigenvalue weighted by Gasteiger charge is -2.32. The molecule has 112 valence electrons. The minimum Gasteiger partial charge on any atom is -0.315 e. The molecule has 1 atom stereocenters. The van der Waals surface area contributed by atoms with Crippen molar-refractivity contribution in [2.24, 2.45) is 5.92 Å². The number of hydrogen-bond acceptors (Lipinski definition) is 2. The SMILES string of the molecule is C=C(C)CN(CC)C(CNCC(C)C)c1ccccc1. The Morgan fingerprint density at radius 2 is 1.85 bits per heavy atom. The Balaban J connectivity index is 2.79. The van der Waals surface area contributed by atoms with Crippen LogP contribution in [-0.2, 0) is 0 Å². The van der Waals surface area contributed by atoms with Gasteiger partial charge < -0.3 is 5.32 Å². The molecule has 0 saturated carbocycles. The molecule has 0 radical (unpaired) electrons. The molecule has 1 N–H and O–H groups in total. The second-order valence-corrected chi connectivity index (χ2v) is 6.00. The van der Waals surface area contributed by atoms with Gasteiger partial charge in [-0.25, -0.2) is 0 Å². The van der Waals surface area contributed by atoms with Crippen molar-refractivity contribution in [2.75, 3.05) is 26.2 Å². The van der Waals surface area contributed by atoms with E-state index in [4.69, 9.17) is 0 Å². The van der Waals surface area contributed by atoms with Gasteiger partial charge in [0.2, 0.25) is 0 Å². The van der Waals surface area contributed by atoms with Gasteiger partial charge in [-0.05, 0) is 31.5 Å². The van der Waals surface area contributed by atoms with Gasteiger partial charge >= 0.3 is 0 Å². The van der Waals surface area contributed by atoms with Crippen LogP contribution in [0, 0.1) is 5.92 Å². The van der Waals surface area contributed by atoms with Crippen LogP contribution in [0.15, 0.2) is 42.5 Å². The first-order valence-electron chi connectivity index (χ1n) is 7.68. The molecule has 0 aliphatic rings. The Morgan fingerprint density at radius 1 is 1.20 bits per heavy atom. The zero-order valence-electron chi connectivity index (χ0n) is 13.5. The average molecular weight is 274 g/mol. The maximum Gasteiger partial charge on any atom is 0.0475 e. The number of rotatable bonds is 9. The number of benzene rings is 1. The van der Waals surface area contributed by atoms with Crippen LogP contribution in [0.25, 0.3) is 0 Å². The molecule has 0 saturated heterocycles. The van der Waals surface area contributed by atoms with Crippen LogP contribution >= 0.6 is 0 Å². The van der Waals surface area contributed by atoms with Gasteiger partial charge in [-0.3, -0.25) is 4.90 Å². The van der Waals surface area contributed by atoms with Crippen LogP contribution in [0.3, 0.4) is 0 Å². The molecular weight excluding hydrogens is 244 g/mol. The van der Waals surface area contributed by atoms with Gasteiger partial charge in [0.05, 0.1) is 0 Å².